The lowest BCUT2D eigenvalue weighted by Gasteiger charge is -2.35. The molecule has 0 bridgehead atoms. The molecule has 1 aliphatic heterocycles. The van der Waals surface area contributed by atoms with Gasteiger partial charge in [-0.15, -0.1) is 0 Å². The summed E-state index contributed by atoms with van der Waals surface area (Å²) in [5, 5.41) is 3.35. The van der Waals surface area contributed by atoms with E-state index in [0.717, 1.165) is 26.2 Å². The first-order chi connectivity index (χ1) is 8.72. The molecule has 0 aliphatic carbocycles. The number of piperazine rings is 1. The van der Waals surface area contributed by atoms with Gasteiger partial charge >= 0.3 is 0 Å². The predicted octanol–water partition coefficient (Wildman–Crippen LogP) is 2.61. The molecule has 1 aromatic carbocycles. The highest BCUT2D eigenvalue weighted by Gasteiger charge is 2.22. The Morgan fingerprint density at radius 2 is 1.94 bits per heavy atom. The molecular weight excluding hydrogens is 227 g/mol. The minimum atomic E-state index is -0.248. The normalized spacial score (nSPS) is 18.8. The van der Waals surface area contributed by atoms with E-state index in [1.165, 1.54) is 16.7 Å². The number of aryl methyl sites for hydroxylation is 2. The van der Waals surface area contributed by atoms with Crippen LogP contribution in [0.4, 0.5) is 4.39 Å². The Labute approximate surface area is 109 Å². The van der Waals surface area contributed by atoms with Crippen molar-refractivity contribution in [2.75, 3.05) is 32.9 Å². The molecule has 3 heteroatoms. The Kier molecular flexibility index (Phi) is 4.72. The molecule has 0 amide bonds. The number of rotatable bonds is 4. The van der Waals surface area contributed by atoms with Gasteiger partial charge in [0.15, 0.2) is 0 Å². The van der Waals surface area contributed by atoms with Gasteiger partial charge in [0.1, 0.15) is 0 Å². The highest BCUT2D eigenvalue weighted by molar-refractivity contribution is 5.31. The fraction of sp³-hybridized carbons (Fsp3) is 0.600. The van der Waals surface area contributed by atoms with E-state index in [9.17, 15) is 4.39 Å². The lowest BCUT2D eigenvalue weighted by molar-refractivity contribution is 0.157. The number of hydrogen-bond acceptors (Lipinski definition) is 2. The van der Waals surface area contributed by atoms with Gasteiger partial charge in [0.05, 0.1) is 6.67 Å². The van der Waals surface area contributed by atoms with Crippen LogP contribution in [-0.2, 0) is 0 Å². The summed E-state index contributed by atoms with van der Waals surface area (Å²) in [6.45, 7) is 8.04. The largest absolute Gasteiger partial charge is 0.314 e. The number of alkyl halides is 1. The first-order valence-electron chi connectivity index (χ1n) is 6.80. The van der Waals surface area contributed by atoms with Crippen molar-refractivity contribution in [2.24, 2.45) is 0 Å². The monoisotopic (exact) mass is 250 g/mol. The summed E-state index contributed by atoms with van der Waals surface area (Å²) in [6.07, 6.45) is 0.600. The Morgan fingerprint density at radius 1 is 1.22 bits per heavy atom. The maximum absolute atomic E-state index is 12.8. The van der Waals surface area contributed by atoms with Crippen molar-refractivity contribution in [2.45, 2.75) is 26.3 Å². The van der Waals surface area contributed by atoms with Gasteiger partial charge in [-0.2, -0.15) is 0 Å². The zero-order valence-corrected chi connectivity index (χ0v) is 11.4. The fourth-order valence-corrected chi connectivity index (χ4v) is 2.63. The molecule has 100 valence electrons. The van der Waals surface area contributed by atoms with Crippen LogP contribution in [0, 0.1) is 13.8 Å². The van der Waals surface area contributed by atoms with Crippen molar-refractivity contribution in [1.82, 2.24) is 10.2 Å². The van der Waals surface area contributed by atoms with Crippen molar-refractivity contribution in [3.05, 3.63) is 34.9 Å². The molecule has 1 atom stereocenters. The van der Waals surface area contributed by atoms with E-state index in [2.05, 4.69) is 42.3 Å². The zero-order valence-electron chi connectivity index (χ0n) is 11.4. The molecule has 2 nitrogen and oxygen atoms in total. The summed E-state index contributed by atoms with van der Waals surface area (Å²) < 4.78 is 12.8. The lowest BCUT2D eigenvalue weighted by atomic mass is 9.97. The SMILES string of the molecule is Cc1ccc([C@H](CCF)N2CCNCC2)cc1C. The van der Waals surface area contributed by atoms with Crippen LogP contribution in [0.3, 0.4) is 0 Å². The van der Waals surface area contributed by atoms with Gasteiger partial charge in [0.25, 0.3) is 0 Å². The van der Waals surface area contributed by atoms with Gasteiger partial charge in [-0.25, -0.2) is 0 Å². The molecule has 18 heavy (non-hydrogen) atoms. The maximum atomic E-state index is 12.8. The molecule has 1 aromatic rings. The van der Waals surface area contributed by atoms with E-state index < -0.39 is 0 Å². The molecule has 0 spiro atoms. The summed E-state index contributed by atoms with van der Waals surface area (Å²) in [5.41, 5.74) is 3.86. The summed E-state index contributed by atoms with van der Waals surface area (Å²) in [4.78, 5) is 2.40. The van der Waals surface area contributed by atoms with Crippen LogP contribution in [0.25, 0.3) is 0 Å². The molecule has 0 saturated carbocycles. The van der Waals surface area contributed by atoms with Crippen LogP contribution in [-0.4, -0.2) is 37.8 Å². The molecule has 0 unspecified atom stereocenters. The minimum Gasteiger partial charge on any atom is -0.314 e. The molecule has 1 saturated heterocycles. The summed E-state index contributed by atoms with van der Waals surface area (Å²) >= 11 is 0. The Hall–Kier alpha value is -0.930. The predicted molar refractivity (Wildman–Crippen MR) is 73.7 cm³/mol. The van der Waals surface area contributed by atoms with Crippen LogP contribution in [0.1, 0.15) is 29.2 Å². The highest BCUT2D eigenvalue weighted by atomic mass is 19.1. The number of nitrogens with zero attached hydrogens (tertiary/aromatic N) is 1. The standard InChI is InChI=1S/C15H23FN2/c1-12-3-4-14(11-13(12)2)15(5-6-16)18-9-7-17-8-10-18/h3-4,11,15,17H,5-10H2,1-2H3/t15-/m0/s1. The first-order valence-corrected chi connectivity index (χ1v) is 6.80. The van der Waals surface area contributed by atoms with E-state index in [-0.39, 0.29) is 12.7 Å². The van der Waals surface area contributed by atoms with Gasteiger partial charge in [-0.05, 0) is 37.0 Å². The quantitative estimate of drug-likeness (QED) is 0.883. The second-order valence-corrected chi connectivity index (χ2v) is 5.12. The van der Waals surface area contributed by atoms with Gasteiger partial charge < -0.3 is 5.32 Å². The van der Waals surface area contributed by atoms with Crippen LogP contribution in [0.15, 0.2) is 18.2 Å². The smallest absolute Gasteiger partial charge is 0.0912 e. The highest BCUT2D eigenvalue weighted by Crippen LogP contribution is 2.26. The van der Waals surface area contributed by atoms with Crippen molar-refractivity contribution in [3.8, 4) is 0 Å². The van der Waals surface area contributed by atoms with Crippen LogP contribution in [0.5, 0.6) is 0 Å². The van der Waals surface area contributed by atoms with E-state index >= 15 is 0 Å². The van der Waals surface area contributed by atoms with Crippen LogP contribution >= 0.6 is 0 Å². The van der Waals surface area contributed by atoms with Crippen molar-refractivity contribution < 1.29 is 4.39 Å². The summed E-state index contributed by atoms with van der Waals surface area (Å²) in [6, 6.07) is 6.76. The fourth-order valence-electron chi connectivity index (χ4n) is 2.63. The molecule has 0 aromatic heterocycles. The number of hydrogen-bond donors (Lipinski definition) is 1. The average molecular weight is 250 g/mol. The Balaban J connectivity index is 2.19. The van der Waals surface area contributed by atoms with Crippen LogP contribution in [0.2, 0.25) is 0 Å². The van der Waals surface area contributed by atoms with Crippen molar-refractivity contribution >= 4 is 0 Å². The second-order valence-electron chi connectivity index (χ2n) is 5.12. The topological polar surface area (TPSA) is 15.3 Å². The number of halogens is 1. The van der Waals surface area contributed by atoms with E-state index in [4.69, 9.17) is 0 Å². The van der Waals surface area contributed by atoms with Gasteiger partial charge in [0.2, 0.25) is 0 Å². The molecular formula is C15H23FN2. The molecule has 1 fully saturated rings. The molecule has 1 N–H and O–H groups in total. The minimum absolute atomic E-state index is 0.233. The molecule has 1 aliphatic rings. The Morgan fingerprint density at radius 3 is 2.56 bits per heavy atom. The Bertz CT molecular complexity index is 386. The van der Waals surface area contributed by atoms with E-state index in [1.54, 1.807) is 0 Å². The lowest BCUT2D eigenvalue weighted by Crippen LogP contribution is -2.45. The van der Waals surface area contributed by atoms with E-state index in [0.29, 0.717) is 6.42 Å². The molecule has 1 heterocycles. The van der Waals surface area contributed by atoms with Gasteiger partial charge in [0, 0.05) is 32.2 Å². The van der Waals surface area contributed by atoms with Crippen molar-refractivity contribution in [1.29, 1.82) is 0 Å². The third kappa shape index (κ3) is 3.09. The number of benzene rings is 1. The summed E-state index contributed by atoms with van der Waals surface area (Å²) in [5.74, 6) is 0. The van der Waals surface area contributed by atoms with Gasteiger partial charge in [-0.1, -0.05) is 18.2 Å². The maximum Gasteiger partial charge on any atom is 0.0912 e. The second kappa shape index (κ2) is 6.30. The van der Waals surface area contributed by atoms with Gasteiger partial charge in [-0.3, -0.25) is 9.29 Å². The first kappa shape index (κ1) is 13.5. The van der Waals surface area contributed by atoms with Crippen LogP contribution < -0.4 is 5.32 Å². The zero-order chi connectivity index (χ0) is 13.0. The average Bonchev–Trinajstić information content (AvgIpc) is 2.40. The van der Waals surface area contributed by atoms with E-state index in [1.807, 2.05) is 0 Å². The molecule has 2 rings (SSSR count). The third-order valence-electron chi connectivity index (χ3n) is 3.89. The third-order valence-corrected chi connectivity index (χ3v) is 3.89. The summed E-state index contributed by atoms with van der Waals surface area (Å²) in [7, 11) is 0. The van der Waals surface area contributed by atoms with Crippen molar-refractivity contribution in [3.63, 3.8) is 0 Å². The molecule has 0 radical (unpaired) electrons. The number of nitrogens with one attached hydrogen (secondary N) is 1.